The molecule has 10 nitrogen and oxygen atoms in total. The van der Waals surface area contributed by atoms with Crippen LogP contribution in [0, 0.1) is 17.0 Å². The van der Waals surface area contributed by atoms with Crippen molar-refractivity contribution in [2.45, 2.75) is 27.4 Å². The van der Waals surface area contributed by atoms with Crippen molar-refractivity contribution in [1.29, 1.82) is 0 Å². The van der Waals surface area contributed by atoms with Gasteiger partial charge in [0.1, 0.15) is 4.90 Å². The third-order valence-electron chi connectivity index (χ3n) is 6.38. The molecule has 0 bridgehead atoms. The van der Waals surface area contributed by atoms with Crippen LogP contribution in [0.25, 0.3) is 6.08 Å². The molecule has 1 amide bonds. The summed E-state index contributed by atoms with van der Waals surface area (Å²) in [6.45, 7) is 1.78. The summed E-state index contributed by atoms with van der Waals surface area (Å²) in [7, 11) is -8.23. The van der Waals surface area contributed by atoms with Crippen LogP contribution in [0.5, 0.6) is 5.75 Å². The average molecular weight is 692 g/mol. The summed E-state index contributed by atoms with van der Waals surface area (Å²) in [5.74, 6) is -1.51. The Balaban J connectivity index is 1.39. The van der Waals surface area contributed by atoms with E-state index in [1.165, 1.54) is 42.5 Å². The number of rotatable bonds is 8. The van der Waals surface area contributed by atoms with Gasteiger partial charge in [-0.3, -0.25) is 14.9 Å². The van der Waals surface area contributed by atoms with Crippen LogP contribution in [0.2, 0.25) is 10.0 Å². The van der Waals surface area contributed by atoms with E-state index in [2.05, 4.69) is 5.32 Å². The summed E-state index contributed by atoms with van der Waals surface area (Å²) in [4.78, 5) is 24.4. The third-order valence-corrected chi connectivity index (χ3v) is 11.1. The first-order valence-corrected chi connectivity index (χ1v) is 17.2. The van der Waals surface area contributed by atoms with Gasteiger partial charge < -0.3 is 9.50 Å². The molecule has 0 unspecified atom stereocenters. The molecule has 0 radical (unpaired) electrons. The molecule has 1 N–H and O–H groups in total. The number of thioether (sulfide) groups is 1. The van der Waals surface area contributed by atoms with Gasteiger partial charge in [0.05, 0.1) is 26.2 Å². The second-order valence-electron chi connectivity index (χ2n) is 9.52. The zero-order valence-corrected chi connectivity index (χ0v) is 26.4. The van der Waals surface area contributed by atoms with Gasteiger partial charge in [0.25, 0.3) is 5.91 Å². The monoisotopic (exact) mass is 690 g/mol. The molecule has 1 heterocycles. The minimum Gasteiger partial charge on any atom is -0.372 e. The van der Waals surface area contributed by atoms with Gasteiger partial charge in [0.2, 0.25) is 5.75 Å². The second kappa shape index (κ2) is 12.3. The molecule has 4 aromatic rings. The number of fused-ring (bicyclic) bond motifs is 1. The molecule has 0 aliphatic carbocycles. The van der Waals surface area contributed by atoms with Crippen LogP contribution in [0.15, 0.2) is 98.5 Å². The Morgan fingerprint density at radius 1 is 0.932 bits per heavy atom. The summed E-state index contributed by atoms with van der Waals surface area (Å²) in [5, 5.41) is 14.9. The number of nitro groups is 1. The van der Waals surface area contributed by atoms with E-state index in [0.29, 0.717) is 4.90 Å². The maximum absolute atomic E-state index is 13.1. The quantitative estimate of drug-likeness (QED) is 0.0889. The molecular formula is C29H20Cl2N2O8S3. The van der Waals surface area contributed by atoms with E-state index in [-0.39, 0.29) is 41.6 Å². The number of benzene rings is 4. The lowest BCUT2D eigenvalue weighted by atomic mass is 10.1. The average Bonchev–Trinajstić information content (AvgIpc) is 2.96. The van der Waals surface area contributed by atoms with Gasteiger partial charge in [-0.2, -0.15) is 8.42 Å². The van der Waals surface area contributed by atoms with Crippen LogP contribution in [0.3, 0.4) is 0 Å². The van der Waals surface area contributed by atoms with Crippen molar-refractivity contribution >= 4 is 78.3 Å². The topological polar surface area (TPSA) is 150 Å². The third kappa shape index (κ3) is 6.76. The van der Waals surface area contributed by atoms with Gasteiger partial charge in [-0.1, -0.05) is 64.8 Å². The lowest BCUT2D eigenvalue weighted by Gasteiger charge is -2.19. The van der Waals surface area contributed by atoms with Gasteiger partial charge in [0, 0.05) is 26.6 Å². The molecule has 1 aliphatic rings. The molecular weight excluding hydrogens is 671 g/mol. The minimum atomic E-state index is -4.35. The van der Waals surface area contributed by atoms with Crippen molar-refractivity contribution < 1.29 is 30.7 Å². The molecule has 15 heteroatoms. The molecule has 0 aromatic heterocycles. The Bertz CT molecular complexity index is 2060. The van der Waals surface area contributed by atoms with E-state index >= 15 is 0 Å². The zero-order valence-electron chi connectivity index (χ0n) is 22.5. The van der Waals surface area contributed by atoms with Crippen molar-refractivity contribution in [3.05, 3.63) is 121 Å². The van der Waals surface area contributed by atoms with Crippen molar-refractivity contribution in [1.82, 2.24) is 0 Å². The molecule has 226 valence electrons. The lowest BCUT2D eigenvalue weighted by molar-refractivity contribution is -0.385. The van der Waals surface area contributed by atoms with Gasteiger partial charge >= 0.3 is 15.8 Å². The van der Waals surface area contributed by atoms with E-state index in [0.717, 1.165) is 29.5 Å². The molecule has 44 heavy (non-hydrogen) atoms. The van der Waals surface area contributed by atoms with E-state index in [1.807, 2.05) is 0 Å². The molecule has 0 saturated heterocycles. The van der Waals surface area contributed by atoms with E-state index < -0.39 is 48.0 Å². The summed E-state index contributed by atoms with van der Waals surface area (Å²) < 4.78 is 56.7. The lowest BCUT2D eigenvalue weighted by Crippen LogP contribution is -2.18. The molecule has 5 rings (SSSR count). The first kappa shape index (κ1) is 31.5. The van der Waals surface area contributed by atoms with E-state index in [4.69, 9.17) is 27.4 Å². The van der Waals surface area contributed by atoms with Crippen LogP contribution in [0.1, 0.15) is 16.7 Å². The van der Waals surface area contributed by atoms with Crippen molar-refractivity contribution in [2.75, 3.05) is 5.32 Å². The van der Waals surface area contributed by atoms with Crippen molar-refractivity contribution in [3.8, 4) is 5.75 Å². The van der Waals surface area contributed by atoms with Gasteiger partial charge in [-0.15, -0.1) is 0 Å². The zero-order chi connectivity index (χ0) is 31.8. The Kier molecular flexibility index (Phi) is 8.78. The first-order chi connectivity index (χ1) is 20.7. The minimum absolute atomic E-state index is 0.0487. The number of nitrogens with zero attached hydrogens (tertiary/aromatic N) is 1. The van der Waals surface area contributed by atoms with Crippen LogP contribution >= 0.6 is 35.0 Å². The molecule has 0 saturated carbocycles. The SMILES string of the molecule is Cc1ccc(S(=O)(=O)Oc2ccc(/C=C3/Sc4ccc(S(=O)(=O)Cc5c(Cl)cccc5Cl)cc4NC3=O)cc2[N+](=O)[O-])cc1. The van der Waals surface area contributed by atoms with Gasteiger partial charge in [-0.25, -0.2) is 8.42 Å². The first-order valence-electron chi connectivity index (χ1n) is 12.5. The number of sulfone groups is 1. The Labute approximate surface area is 266 Å². The molecule has 4 aromatic carbocycles. The molecule has 0 fully saturated rings. The van der Waals surface area contributed by atoms with E-state index in [1.54, 1.807) is 37.3 Å². The Morgan fingerprint density at radius 3 is 2.25 bits per heavy atom. The number of carbonyl (C=O) groups excluding carboxylic acids is 1. The summed E-state index contributed by atoms with van der Waals surface area (Å²) in [5.41, 5.74) is 0.956. The second-order valence-corrected chi connectivity index (χ2v) is 15.0. The van der Waals surface area contributed by atoms with Crippen molar-refractivity contribution in [3.63, 3.8) is 0 Å². The standard InChI is InChI=1S/C29H20Cl2N2O8S3/c1-17-5-8-19(9-6-17)44(39,40)41-26-11-7-18(13-25(26)33(35)36)14-28-29(34)32-24-15-20(10-12-27(24)42-28)43(37,38)16-21-22(30)3-2-4-23(21)31/h2-15H,16H2,1H3,(H,32,34)/b28-14+. The van der Waals surface area contributed by atoms with E-state index in [9.17, 15) is 31.7 Å². The maximum atomic E-state index is 13.1. The highest BCUT2D eigenvalue weighted by Gasteiger charge is 2.27. The fourth-order valence-electron chi connectivity index (χ4n) is 4.14. The highest BCUT2D eigenvalue weighted by atomic mass is 35.5. The smallest absolute Gasteiger partial charge is 0.339 e. The number of hydrogen-bond donors (Lipinski definition) is 1. The summed E-state index contributed by atoms with van der Waals surface area (Å²) in [6, 6.07) is 18.4. The predicted octanol–water partition coefficient (Wildman–Crippen LogP) is 7.04. The molecule has 0 atom stereocenters. The molecule has 1 aliphatic heterocycles. The highest BCUT2D eigenvalue weighted by molar-refractivity contribution is 8.04. The normalized spacial score (nSPS) is 14.2. The van der Waals surface area contributed by atoms with Gasteiger partial charge in [0.15, 0.2) is 9.84 Å². The van der Waals surface area contributed by atoms with Crippen molar-refractivity contribution in [2.24, 2.45) is 0 Å². The van der Waals surface area contributed by atoms with Gasteiger partial charge in [-0.05, 0) is 67.1 Å². The number of anilines is 1. The predicted molar refractivity (Wildman–Crippen MR) is 168 cm³/mol. The highest BCUT2D eigenvalue weighted by Crippen LogP contribution is 2.41. The largest absolute Gasteiger partial charge is 0.372 e. The fraction of sp³-hybridized carbons (Fsp3) is 0.0690. The summed E-state index contributed by atoms with van der Waals surface area (Å²) in [6.07, 6.45) is 1.39. The maximum Gasteiger partial charge on any atom is 0.339 e. The molecule has 0 spiro atoms. The summed E-state index contributed by atoms with van der Waals surface area (Å²) >= 11 is 13.3. The fourth-order valence-corrected chi connectivity index (χ4v) is 8.13. The number of halogens is 2. The number of hydrogen-bond acceptors (Lipinski definition) is 9. The van der Waals surface area contributed by atoms with Crippen LogP contribution in [-0.2, 0) is 30.5 Å². The number of carbonyl (C=O) groups is 1. The van der Waals surface area contributed by atoms with Crippen LogP contribution < -0.4 is 9.50 Å². The number of aryl methyl sites for hydroxylation is 1. The number of nitro benzene ring substituents is 1. The number of amides is 1. The van der Waals surface area contributed by atoms with Crippen LogP contribution in [0.4, 0.5) is 11.4 Å². The Morgan fingerprint density at radius 2 is 1.59 bits per heavy atom. The Hall–Kier alpha value is -3.88. The number of nitrogens with one attached hydrogen (secondary N) is 1. The van der Waals surface area contributed by atoms with Crippen LogP contribution in [-0.4, -0.2) is 27.7 Å².